The van der Waals surface area contributed by atoms with Crippen molar-refractivity contribution in [3.63, 3.8) is 0 Å². The molecule has 0 N–H and O–H groups in total. The van der Waals surface area contributed by atoms with Crippen molar-refractivity contribution < 1.29 is 13.9 Å². The zero-order chi connectivity index (χ0) is 30.4. The number of nitrogens with zero attached hydrogens (tertiary/aromatic N) is 2. The van der Waals surface area contributed by atoms with Crippen LogP contribution in [0.4, 0.5) is 4.39 Å². The fourth-order valence-electron chi connectivity index (χ4n) is 5.85. The highest BCUT2D eigenvalue weighted by Crippen LogP contribution is 2.41. The summed E-state index contributed by atoms with van der Waals surface area (Å²) >= 11 is 11.3. The second kappa shape index (κ2) is 11.8. The van der Waals surface area contributed by atoms with Crippen molar-refractivity contribution in [2.45, 2.75) is 25.5 Å². The van der Waals surface area contributed by atoms with Crippen LogP contribution in [0.1, 0.15) is 40.3 Å². The Balaban J connectivity index is 1.33. The van der Waals surface area contributed by atoms with Gasteiger partial charge in [0.1, 0.15) is 12.4 Å². The summed E-state index contributed by atoms with van der Waals surface area (Å²) in [6.45, 7) is 0.268. The minimum Gasteiger partial charge on any atom is -0.493 e. The predicted molar refractivity (Wildman–Crippen MR) is 176 cm³/mol. The largest absolute Gasteiger partial charge is 0.493 e. The molecule has 0 bridgehead atoms. The van der Waals surface area contributed by atoms with E-state index in [-0.39, 0.29) is 24.0 Å². The van der Waals surface area contributed by atoms with Gasteiger partial charge < -0.3 is 9.47 Å². The molecule has 2 heterocycles. The molecule has 4 aromatic carbocycles. The molecule has 0 fully saturated rings. The lowest BCUT2D eigenvalue weighted by Gasteiger charge is -2.30. The zero-order valence-electron chi connectivity index (χ0n) is 23.5. The minimum absolute atomic E-state index is 0.150. The Morgan fingerprint density at radius 3 is 2.64 bits per heavy atom. The van der Waals surface area contributed by atoms with Gasteiger partial charge >= 0.3 is 0 Å². The van der Waals surface area contributed by atoms with Crippen molar-refractivity contribution in [2.24, 2.45) is 4.99 Å². The van der Waals surface area contributed by atoms with Crippen molar-refractivity contribution in [1.82, 2.24) is 4.57 Å². The third-order valence-electron chi connectivity index (χ3n) is 7.94. The number of rotatable bonds is 6. The van der Waals surface area contributed by atoms with Crippen LogP contribution in [-0.4, -0.2) is 11.7 Å². The molecule has 0 spiro atoms. The fourth-order valence-corrected chi connectivity index (χ4v) is 7.61. The Morgan fingerprint density at radius 1 is 1.07 bits per heavy atom. The summed E-state index contributed by atoms with van der Waals surface area (Å²) in [5.74, 6) is 0.735. The van der Waals surface area contributed by atoms with Gasteiger partial charge in [-0.25, -0.2) is 9.38 Å². The van der Waals surface area contributed by atoms with E-state index < -0.39 is 0 Å². The molecule has 0 saturated heterocycles. The van der Waals surface area contributed by atoms with Crippen molar-refractivity contribution >= 4 is 50.6 Å². The van der Waals surface area contributed by atoms with Crippen LogP contribution in [0, 0.1) is 5.82 Å². The summed E-state index contributed by atoms with van der Waals surface area (Å²) in [5.41, 5.74) is 6.61. The van der Waals surface area contributed by atoms with E-state index in [1.54, 1.807) is 23.8 Å². The lowest BCUT2D eigenvalue weighted by atomic mass is 9.83. The first kappa shape index (κ1) is 28.8. The van der Waals surface area contributed by atoms with E-state index in [4.69, 9.17) is 26.1 Å². The van der Waals surface area contributed by atoms with Gasteiger partial charge in [0.15, 0.2) is 16.3 Å². The minimum atomic E-state index is -0.376. The van der Waals surface area contributed by atoms with E-state index >= 15 is 0 Å². The summed E-state index contributed by atoms with van der Waals surface area (Å²) in [6, 6.07) is 25.5. The SMILES string of the molecule is COc1cc(/C=c2/sc3n(c2=O)[C@@H](c2ccc(F)cc2)C2=C(N=3)c3ccccc3CC2)cc(Br)c1OCc1ccccc1Cl. The lowest BCUT2D eigenvalue weighted by molar-refractivity contribution is 0.282. The number of halogens is 3. The first-order valence-corrected chi connectivity index (χ1v) is 16.0. The fraction of sp³-hybridized carbons (Fsp3) is 0.143. The van der Waals surface area contributed by atoms with Gasteiger partial charge in [-0.15, -0.1) is 0 Å². The summed E-state index contributed by atoms with van der Waals surface area (Å²) in [4.78, 5) is 19.8. The van der Waals surface area contributed by atoms with Crippen LogP contribution in [0.15, 0.2) is 105 Å². The molecule has 44 heavy (non-hydrogen) atoms. The Morgan fingerprint density at radius 2 is 1.84 bits per heavy atom. The number of benzene rings is 4. The zero-order valence-corrected chi connectivity index (χ0v) is 26.7. The molecule has 0 unspecified atom stereocenters. The van der Waals surface area contributed by atoms with Gasteiger partial charge in [0.05, 0.1) is 27.9 Å². The van der Waals surface area contributed by atoms with Crippen molar-refractivity contribution in [3.05, 3.63) is 153 Å². The summed E-state index contributed by atoms with van der Waals surface area (Å²) in [7, 11) is 1.58. The predicted octanol–water partition coefficient (Wildman–Crippen LogP) is 7.46. The summed E-state index contributed by atoms with van der Waals surface area (Å²) in [6.07, 6.45) is 3.46. The highest BCUT2D eigenvalue weighted by Gasteiger charge is 2.32. The van der Waals surface area contributed by atoms with E-state index in [0.29, 0.717) is 30.3 Å². The lowest BCUT2D eigenvalue weighted by Crippen LogP contribution is -2.38. The first-order chi connectivity index (χ1) is 21.4. The van der Waals surface area contributed by atoms with E-state index in [2.05, 4.69) is 28.1 Å². The maximum atomic E-state index is 14.1. The number of fused-ring (bicyclic) bond motifs is 3. The van der Waals surface area contributed by atoms with Crippen LogP contribution in [0.2, 0.25) is 5.02 Å². The van der Waals surface area contributed by atoms with E-state index in [0.717, 1.165) is 46.4 Å². The highest BCUT2D eigenvalue weighted by atomic mass is 79.9. The van der Waals surface area contributed by atoms with Crippen molar-refractivity contribution in [1.29, 1.82) is 0 Å². The molecule has 0 radical (unpaired) electrons. The molecule has 7 rings (SSSR count). The van der Waals surface area contributed by atoms with Crippen LogP contribution in [-0.2, 0) is 13.0 Å². The molecular formula is C35H25BrClFN2O3S. The van der Waals surface area contributed by atoms with Crippen LogP contribution in [0.5, 0.6) is 11.5 Å². The Labute approximate surface area is 270 Å². The van der Waals surface area contributed by atoms with Crippen LogP contribution >= 0.6 is 38.9 Å². The molecule has 5 aromatic rings. The van der Waals surface area contributed by atoms with Gasteiger partial charge in [-0.2, -0.15) is 0 Å². The normalized spacial score (nSPS) is 15.7. The average Bonchev–Trinajstić information content (AvgIpc) is 3.34. The van der Waals surface area contributed by atoms with Crippen LogP contribution in [0.25, 0.3) is 11.8 Å². The second-order valence-corrected chi connectivity index (χ2v) is 12.9. The molecule has 1 aliphatic carbocycles. The van der Waals surface area contributed by atoms with Gasteiger partial charge in [0.25, 0.3) is 5.56 Å². The monoisotopic (exact) mass is 686 g/mol. The highest BCUT2D eigenvalue weighted by molar-refractivity contribution is 9.10. The molecular weight excluding hydrogens is 663 g/mol. The first-order valence-electron chi connectivity index (χ1n) is 14.0. The Bertz CT molecular complexity index is 2140. The molecule has 1 aliphatic heterocycles. The molecule has 5 nitrogen and oxygen atoms in total. The summed E-state index contributed by atoms with van der Waals surface area (Å²) < 4.78 is 28.7. The molecule has 220 valence electrons. The van der Waals surface area contributed by atoms with Gasteiger partial charge in [-0.05, 0) is 87.4 Å². The Kier molecular flexibility index (Phi) is 7.74. The molecule has 0 amide bonds. The number of aromatic nitrogens is 1. The van der Waals surface area contributed by atoms with Gasteiger partial charge in [-0.1, -0.05) is 77.5 Å². The standard InChI is InChI=1S/C35H25BrClFN2O3S/c1-42-29-17-20(16-27(36)33(29)43-19-23-7-3-5-9-28(23)37)18-30-34(41)40-32(22-10-13-24(38)14-11-22)26-15-12-21-6-2-4-8-25(21)31(26)39-35(40)44-30/h2-11,13-14,16-18,32H,12,15,19H2,1H3/b30-18+/t32-/m0/s1. The van der Waals surface area contributed by atoms with Crippen molar-refractivity contribution in [2.75, 3.05) is 7.11 Å². The topological polar surface area (TPSA) is 52.8 Å². The van der Waals surface area contributed by atoms with Gasteiger partial charge in [0.2, 0.25) is 0 Å². The Hall–Kier alpha value is -3.98. The molecule has 1 atom stereocenters. The van der Waals surface area contributed by atoms with E-state index in [1.165, 1.54) is 29.0 Å². The molecule has 2 aliphatic rings. The molecule has 9 heteroatoms. The van der Waals surface area contributed by atoms with Gasteiger partial charge in [0, 0.05) is 16.1 Å². The quantitative estimate of drug-likeness (QED) is 0.186. The number of ether oxygens (including phenoxy) is 2. The second-order valence-electron chi connectivity index (χ2n) is 10.6. The van der Waals surface area contributed by atoms with E-state index in [1.807, 2.05) is 54.6 Å². The van der Waals surface area contributed by atoms with E-state index in [9.17, 15) is 9.18 Å². The maximum absolute atomic E-state index is 14.1. The van der Waals surface area contributed by atoms with Crippen molar-refractivity contribution in [3.8, 4) is 11.5 Å². The van der Waals surface area contributed by atoms with Crippen LogP contribution in [0.3, 0.4) is 0 Å². The van der Waals surface area contributed by atoms with Gasteiger partial charge in [-0.3, -0.25) is 9.36 Å². The van der Waals surface area contributed by atoms with Crippen LogP contribution < -0.4 is 24.4 Å². The number of hydrogen-bond acceptors (Lipinski definition) is 5. The number of methoxy groups -OCH3 is 1. The third-order valence-corrected chi connectivity index (χ3v) is 9.88. The number of thiazole rings is 1. The number of hydrogen-bond donors (Lipinski definition) is 0. The summed E-state index contributed by atoms with van der Waals surface area (Å²) in [5, 5.41) is 0.624. The average molecular weight is 688 g/mol. The molecule has 0 saturated carbocycles. The third kappa shape index (κ3) is 5.21. The number of aryl methyl sites for hydroxylation is 1. The maximum Gasteiger partial charge on any atom is 0.271 e. The molecule has 1 aromatic heterocycles. The number of allylic oxidation sites excluding steroid dienone is 1. The smallest absolute Gasteiger partial charge is 0.271 e.